The van der Waals surface area contributed by atoms with Crippen LogP contribution in [0.5, 0.6) is 11.5 Å². The van der Waals surface area contributed by atoms with Crippen molar-refractivity contribution in [2.45, 2.75) is 32.7 Å². The van der Waals surface area contributed by atoms with E-state index < -0.39 is 0 Å². The monoisotopic (exact) mass is 317 g/mol. The molecule has 1 aromatic heterocycles. The van der Waals surface area contributed by atoms with Crippen LogP contribution in [-0.4, -0.2) is 20.8 Å². The second-order valence-corrected chi connectivity index (χ2v) is 7.19. The first-order valence-corrected chi connectivity index (χ1v) is 8.48. The van der Waals surface area contributed by atoms with Gasteiger partial charge in [0.05, 0.1) is 14.2 Å². The number of fused-ring (bicyclic) bond motifs is 1. The third-order valence-electron chi connectivity index (χ3n) is 4.44. The molecule has 22 heavy (non-hydrogen) atoms. The molecular weight excluding hydrogens is 294 g/mol. The third-order valence-corrected chi connectivity index (χ3v) is 5.52. The van der Waals surface area contributed by atoms with Crippen LogP contribution in [0.15, 0.2) is 18.2 Å². The van der Waals surface area contributed by atoms with Crippen molar-refractivity contribution in [2.75, 3.05) is 20.8 Å². The number of aryl methyl sites for hydroxylation is 2. The molecule has 3 rings (SSSR count). The van der Waals surface area contributed by atoms with Crippen molar-refractivity contribution in [1.29, 1.82) is 0 Å². The van der Waals surface area contributed by atoms with Gasteiger partial charge in [0, 0.05) is 15.8 Å². The van der Waals surface area contributed by atoms with Crippen LogP contribution in [-0.2, 0) is 12.8 Å². The average molecular weight is 317 g/mol. The van der Waals surface area contributed by atoms with Crippen LogP contribution in [0.25, 0.3) is 0 Å². The summed E-state index contributed by atoms with van der Waals surface area (Å²) in [4.78, 5) is 2.93. The van der Waals surface area contributed by atoms with Gasteiger partial charge in [0.2, 0.25) is 0 Å². The van der Waals surface area contributed by atoms with Gasteiger partial charge >= 0.3 is 0 Å². The molecular formula is C18H23NO2S. The fourth-order valence-corrected chi connectivity index (χ4v) is 4.58. The minimum atomic E-state index is 0.395. The largest absolute Gasteiger partial charge is 0.493 e. The van der Waals surface area contributed by atoms with Crippen LogP contribution in [0.4, 0.5) is 0 Å². The third kappa shape index (κ3) is 2.73. The quantitative estimate of drug-likeness (QED) is 0.930. The Labute approximate surface area is 136 Å². The summed E-state index contributed by atoms with van der Waals surface area (Å²) in [6.45, 7) is 5.54. The lowest BCUT2D eigenvalue weighted by molar-refractivity contribution is 0.354. The lowest BCUT2D eigenvalue weighted by Crippen LogP contribution is -2.31. The number of benzene rings is 1. The molecule has 0 saturated carbocycles. The smallest absolute Gasteiger partial charge is 0.160 e. The van der Waals surface area contributed by atoms with E-state index in [4.69, 9.17) is 9.47 Å². The van der Waals surface area contributed by atoms with Crippen LogP contribution < -0.4 is 14.8 Å². The Morgan fingerprint density at radius 3 is 2.64 bits per heavy atom. The summed E-state index contributed by atoms with van der Waals surface area (Å²) in [5, 5.41) is 3.68. The standard InChI is InChI=1S/C18H23NO2S/c1-11-14-7-8-19-15(18(14)12(2)22-11)9-13-5-6-16(20-3)17(10-13)21-4/h5-6,10,15,19H,7-9H2,1-4H3. The topological polar surface area (TPSA) is 30.5 Å². The number of methoxy groups -OCH3 is 2. The van der Waals surface area contributed by atoms with Gasteiger partial charge < -0.3 is 14.8 Å². The highest BCUT2D eigenvalue weighted by Gasteiger charge is 2.25. The van der Waals surface area contributed by atoms with Crippen LogP contribution in [0.1, 0.15) is 32.5 Å². The maximum absolute atomic E-state index is 5.42. The predicted molar refractivity (Wildman–Crippen MR) is 91.5 cm³/mol. The van der Waals surface area contributed by atoms with E-state index in [2.05, 4.69) is 31.3 Å². The molecule has 1 unspecified atom stereocenters. The van der Waals surface area contributed by atoms with E-state index in [1.165, 1.54) is 20.9 Å². The van der Waals surface area contributed by atoms with Gasteiger partial charge in [-0.15, -0.1) is 11.3 Å². The summed E-state index contributed by atoms with van der Waals surface area (Å²) in [6, 6.07) is 6.60. The zero-order valence-corrected chi connectivity index (χ0v) is 14.5. The highest BCUT2D eigenvalue weighted by molar-refractivity contribution is 7.12. The van der Waals surface area contributed by atoms with E-state index in [1.54, 1.807) is 19.8 Å². The molecule has 4 heteroatoms. The van der Waals surface area contributed by atoms with E-state index in [9.17, 15) is 0 Å². The van der Waals surface area contributed by atoms with Crippen molar-refractivity contribution in [3.63, 3.8) is 0 Å². The molecule has 2 heterocycles. The summed E-state index contributed by atoms with van der Waals surface area (Å²) in [7, 11) is 3.36. The molecule has 0 bridgehead atoms. The van der Waals surface area contributed by atoms with Crippen molar-refractivity contribution in [3.05, 3.63) is 44.6 Å². The fourth-order valence-electron chi connectivity index (χ4n) is 3.41. The highest BCUT2D eigenvalue weighted by Crippen LogP contribution is 2.37. The van der Waals surface area contributed by atoms with Gasteiger partial charge in [-0.2, -0.15) is 0 Å². The van der Waals surface area contributed by atoms with Gasteiger partial charge in [0.1, 0.15) is 0 Å². The lowest BCUT2D eigenvalue weighted by Gasteiger charge is -2.26. The summed E-state index contributed by atoms with van der Waals surface area (Å²) in [5.41, 5.74) is 4.35. The molecule has 1 atom stereocenters. The van der Waals surface area contributed by atoms with Crippen molar-refractivity contribution in [2.24, 2.45) is 0 Å². The molecule has 118 valence electrons. The molecule has 1 aliphatic rings. The first-order valence-electron chi connectivity index (χ1n) is 7.67. The number of ether oxygens (including phenoxy) is 2. The van der Waals surface area contributed by atoms with Gasteiger partial charge in [0.25, 0.3) is 0 Å². The second kappa shape index (κ2) is 6.31. The van der Waals surface area contributed by atoms with Gasteiger partial charge in [-0.3, -0.25) is 0 Å². The van der Waals surface area contributed by atoms with E-state index in [0.717, 1.165) is 30.9 Å². The second-order valence-electron chi connectivity index (χ2n) is 5.76. The Morgan fingerprint density at radius 2 is 1.91 bits per heavy atom. The van der Waals surface area contributed by atoms with Crippen LogP contribution in [0, 0.1) is 13.8 Å². The van der Waals surface area contributed by atoms with E-state index in [1.807, 2.05) is 17.4 Å². The Morgan fingerprint density at radius 1 is 1.14 bits per heavy atom. The molecule has 1 aliphatic heterocycles. The minimum absolute atomic E-state index is 0.395. The van der Waals surface area contributed by atoms with Gasteiger partial charge in [0.15, 0.2) is 11.5 Å². The maximum Gasteiger partial charge on any atom is 0.160 e. The van der Waals surface area contributed by atoms with Crippen LogP contribution in [0.2, 0.25) is 0 Å². The maximum atomic E-state index is 5.42. The predicted octanol–water partition coefficient (Wildman–Crippen LogP) is 3.81. The molecule has 0 saturated heterocycles. The number of hydrogen-bond acceptors (Lipinski definition) is 4. The molecule has 0 fully saturated rings. The molecule has 1 N–H and O–H groups in total. The van der Waals surface area contributed by atoms with Crippen molar-refractivity contribution in [1.82, 2.24) is 5.32 Å². The average Bonchev–Trinajstić information content (AvgIpc) is 2.83. The highest BCUT2D eigenvalue weighted by atomic mass is 32.1. The molecule has 3 nitrogen and oxygen atoms in total. The molecule has 0 radical (unpaired) electrons. The van der Waals surface area contributed by atoms with Crippen LogP contribution in [0.3, 0.4) is 0 Å². The summed E-state index contributed by atoms with van der Waals surface area (Å²) < 4.78 is 10.7. The number of rotatable bonds is 4. The summed E-state index contributed by atoms with van der Waals surface area (Å²) in [5.74, 6) is 1.58. The van der Waals surface area contributed by atoms with E-state index >= 15 is 0 Å². The van der Waals surface area contributed by atoms with Crippen molar-refractivity contribution in [3.8, 4) is 11.5 Å². The molecule has 0 spiro atoms. The summed E-state index contributed by atoms with van der Waals surface area (Å²) >= 11 is 1.93. The Hall–Kier alpha value is -1.52. The first-order chi connectivity index (χ1) is 10.6. The Bertz CT molecular complexity index is 678. The van der Waals surface area contributed by atoms with E-state index in [-0.39, 0.29) is 0 Å². The number of hydrogen-bond donors (Lipinski definition) is 1. The summed E-state index contributed by atoms with van der Waals surface area (Å²) in [6.07, 6.45) is 2.12. The molecule has 1 aromatic carbocycles. The minimum Gasteiger partial charge on any atom is -0.493 e. The first kappa shape index (κ1) is 15.4. The molecule has 2 aromatic rings. The van der Waals surface area contributed by atoms with Gasteiger partial charge in [-0.1, -0.05) is 6.07 Å². The zero-order valence-electron chi connectivity index (χ0n) is 13.7. The number of thiophene rings is 1. The normalized spacial score (nSPS) is 17.2. The van der Waals surface area contributed by atoms with Gasteiger partial charge in [-0.25, -0.2) is 0 Å². The van der Waals surface area contributed by atoms with Crippen molar-refractivity contribution >= 4 is 11.3 Å². The van der Waals surface area contributed by atoms with Crippen LogP contribution >= 0.6 is 11.3 Å². The molecule has 0 aliphatic carbocycles. The molecule has 0 amide bonds. The SMILES string of the molecule is COc1ccc(CC2NCCc3c(C)sc(C)c32)cc1OC. The fraction of sp³-hybridized carbons (Fsp3) is 0.444. The Kier molecular flexibility index (Phi) is 4.41. The van der Waals surface area contributed by atoms with Crippen molar-refractivity contribution < 1.29 is 9.47 Å². The van der Waals surface area contributed by atoms with Gasteiger partial charge in [-0.05, 0) is 62.1 Å². The Balaban J connectivity index is 1.89. The lowest BCUT2D eigenvalue weighted by atomic mass is 9.91. The zero-order chi connectivity index (χ0) is 15.7. The van der Waals surface area contributed by atoms with E-state index in [0.29, 0.717) is 6.04 Å². The number of nitrogens with one attached hydrogen (secondary N) is 1.